The molecule has 3 heterocycles. The first-order valence-corrected chi connectivity index (χ1v) is 9.21. The van der Waals surface area contributed by atoms with Crippen molar-refractivity contribution in [1.29, 1.82) is 0 Å². The molecule has 4 aromatic rings. The van der Waals surface area contributed by atoms with E-state index in [-0.39, 0.29) is 5.91 Å². The number of hydrogen-bond donors (Lipinski definition) is 2. The van der Waals surface area contributed by atoms with E-state index in [0.29, 0.717) is 23.3 Å². The van der Waals surface area contributed by atoms with Crippen LogP contribution in [0.2, 0.25) is 0 Å². The highest BCUT2D eigenvalue weighted by Gasteiger charge is 2.12. The van der Waals surface area contributed by atoms with Crippen LogP contribution in [-0.2, 0) is 6.42 Å². The summed E-state index contributed by atoms with van der Waals surface area (Å²) in [6.07, 6.45) is 2.32. The van der Waals surface area contributed by atoms with Gasteiger partial charge >= 0.3 is 0 Å². The second-order valence-corrected chi connectivity index (χ2v) is 7.10. The van der Waals surface area contributed by atoms with E-state index in [1.165, 1.54) is 27.6 Å². The van der Waals surface area contributed by atoms with Crippen molar-refractivity contribution in [3.8, 4) is 0 Å². The van der Waals surface area contributed by atoms with E-state index >= 15 is 0 Å². The van der Waals surface area contributed by atoms with Gasteiger partial charge in [-0.1, -0.05) is 11.6 Å². The summed E-state index contributed by atoms with van der Waals surface area (Å²) in [5.41, 5.74) is 7.81. The summed E-state index contributed by atoms with van der Waals surface area (Å²) in [7, 11) is 0. The van der Waals surface area contributed by atoms with Crippen LogP contribution in [0, 0.1) is 20.8 Å². The molecule has 1 amide bonds. The van der Waals surface area contributed by atoms with Crippen LogP contribution in [0.3, 0.4) is 0 Å². The number of amides is 1. The van der Waals surface area contributed by atoms with Gasteiger partial charge in [0.1, 0.15) is 5.52 Å². The molecular weight excluding hydrogens is 346 g/mol. The van der Waals surface area contributed by atoms with Crippen LogP contribution >= 0.6 is 11.7 Å². The smallest absolute Gasteiger partial charge is 0.252 e. The van der Waals surface area contributed by atoms with Crippen molar-refractivity contribution >= 4 is 39.7 Å². The molecule has 2 N–H and O–H groups in total. The van der Waals surface area contributed by atoms with Gasteiger partial charge in [0.25, 0.3) is 5.91 Å². The number of aromatic nitrogens is 4. The highest BCUT2D eigenvalue weighted by molar-refractivity contribution is 7.00. The molecule has 132 valence electrons. The lowest BCUT2D eigenvalue weighted by Gasteiger charge is -2.06. The molecule has 0 unspecified atom stereocenters. The fraction of sp³-hybridized carbons (Fsp3) is 0.263. The van der Waals surface area contributed by atoms with Gasteiger partial charge in [0.2, 0.25) is 0 Å². The van der Waals surface area contributed by atoms with Crippen molar-refractivity contribution in [1.82, 2.24) is 24.0 Å². The molecule has 4 rings (SSSR count). The van der Waals surface area contributed by atoms with Crippen LogP contribution in [0.4, 0.5) is 0 Å². The van der Waals surface area contributed by atoms with E-state index in [4.69, 9.17) is 0 Å². The number of fused-ring (bicyclic) bond motifs is 2. The molecule has 0 saturated carbocycles. The van der Waals surface area contributed by atoms with Crippen LogP contribution in [-0.4, -0.2) is 31.2 Å². The van der Waals surface area contributed by atoms with E-state index in [1.807, 2.05) is 0 Å². The molecule has 0 atom stereocenters. The third kappa shape index (κ3) is 2.94. The summed E-state index contributed by atoms with van der Waals surface area (Å²) >= 11 is 1.10. The van der Waals surface area contributed by atoms with Gasteiger partial charge in [-0.2, -0.15) is 8.75 Å². The lowest BCUT2D eigenvalue weighted by molar-refractivity contribution is 0.0954. The van der Waals surface area contributed by atoms with Gasteiger partial charge in [-0.05, 0) is 50.5 Å². The predicted molar refractivity (Wildman–Crippen MR) is 104 cm³/mol. The number of nitrogens with one attached hydrogen (secondary N) is 2. The predicted octanol–water partition coefficient (Wildman–Crippen LogP) is 3.47. The Morgan fingerprint density at radius 2 is 2.04 bits per heavy atom. The first-order chi connectivity index (χ1) is 12.5. The van der Waals surface area contributed by atoms with E-state index in [9.17, 15) is 4.79 Å². The molecule has 26 heavy (non-hydrogen) atoms. The summed E-state index contributed by atoms with van der Waals surface area (Å²) < 4.78 is 8.18. The zero-order chi connectivity index (χ0) is 18.3. The van der Waals surface area contributed by atoms with Crippen molar-refractivity contribution in [2.75, 3.05) is 6.54 Å². The average molecular weight is 365 g/mol. The van der Waals surface area contributed by atoms with Gasteiger partial charge in [-0.25, -0.2) is 4.98 Å². The fourth-order valence-corrected chi connectivity index (χ4v) is 3.85. The van der Waals surface area contributed by atoms with Crippen molar-refractivity contribution in [2.45, 2.75) is 27.2 Å². The number of H-pyrrole nitrogens is 1. The molecule has 0 spiro atoms. The first kappa shape index (κ1) is 16.7. The Balaban J connectivity index is 1.50. The highest BCUT2D eigenvalue weighted by atomic mass is 32.1. The first-order valence-electron chi connectivity index (χ1n) is 8.48. The summed E-state index contributed by atoms with van der Waals surface area (Å²) in [6.45, 7) is 6.87. The summed E-state index contributed by atoms with van der Waals surface area (Å²) in [5, 5.41) is 4.22. The van der Waals surface area contributed by atoms with E-state index in [0.717, 1.165) is 23.8 Å². The van der Waals surface area contributed by atoms with Crippen molar-refractivity contribution in [3.63, 3.8) is 0 Å². The Labute approximate surface area is 155 Å². The number of pyridine rings is 1. The number of benzene rings is 1. The Kier molecular flexibility index (Phi) is 4.16. The highest BCUT2D eigenvalue weighted by Crippen LogP contribution is 2.26. The van der Waals surface area contributed by atoms with Gasteiger partial charge in [0.15, 0.2) is 5.65 Å². The maximum atomic E-state index is 12.4. The molecule has 0 aliphatic carbocycles. The maximum absolute atomic E-state index is 12.4. The topological polar surface area (TPSA) is 83.6 Å². The Morgan fingerprint density at radius 3 is 2.88 bits per heavy atom. The summed E-state index contributed by atoms with van der Waals surface area (Å²) in [5.74, 6) is -0.141. The molecule has 0 radical (unpaired) electrons. The Morgan fingerprint density at radius 1 is 1.19 bits per heavy atom. The number of hydrogen-bond acceptors (Lipinski definition) is 5. The third-order valence-corrected chi connectivity index (χ3v) is 5.14. The van der Waals surface area contributed by atoms with Gasteiger partial charge in [0.05, 0.1) is 17.3 Å². The molecule has 1 aromatic carbocycles. The number of rotatable bonds is 4. The molecule has 6 nitrogen and oxygen atoms in total. The van der Waals surface area contributed by atoms with E-state index < -0.39 is 0 Å². The minimum absolute atomic E-state index is 0.141. The number of nitrogens with zero attached hydrogens (tertiary/aromatic N) is 3. The molecule has 0 saturated heterocycles. The van der Waals surface area contributed by atoms with E-state index in [2.05, 4.69) is 56.9 Å². The van der Waals surface area contributed by atoms with Crippen LogP contribution in [0.1, 0.15) is 32.7 Å². The lowest BCUT2D eigenvalue weighted by Crippen LogP contribution is -2.25. The Bertz CT molecular complexity index is 1130. The van der Waals surface area contributed by atoms with Gasteiger partial charge in [0, 0.05) is 29.3 Å². The van der Waals surface area contributed by atoms with E-state index in [1.54, 1.807) is 12.3 Å². The molecule has 3 aromatic heterocycles. The minimum Gasteiger partial charge on any atom is -0.358 e. The maximum Gasteiger partial charge on any atom is 0.252 e. The standard InChI is InChI=1S/C19H19N5OS/c1-10-6-11(2)17-15(7-10)14(12(3)22-17)4-5-20-19(25)13-8-16-18(21-9-13)24-26-23-16/h6-9,22H,4-5H2,1-3H3,(H,20,25). The molecule has 0 bridgehead atoms. The van der Waals surface area contributed by atoms with Crippen molar-refractivity contribution in [3.05, 3.63) is 52.3 Å². The lowest BCUT2D eigenvalue weighted by atomic mass is 10.0. The molecule has 0 fully saturated rings. The second-order valence-electron chi connectivity index (χ2n) is 6.57. The van der Waals surface area contributed by atoms with Gasteiger partial charge in [-0.15, -0.1) is 0 Å². The third-order valence-electron chi connectivity index (χ3n) is 4.61. The van der Waals surface area contributed by atoms with Crippen molar-refractivity contribution < 1.29 is 4.79 Å². The van der Waals surface area contributed by atoms with Crippen LogP contribution in [0.15, 0.2) is 24.4 Å². The normalized spacial score (nSPS) is 11.3. The quantitative estimate of drug-likeness (QED) is 0.580. The fourth-order valence-electron chi connectivity index (χ4n) is 3.37. The summed E-state index contributed by atoms with van der Waals surface area (Å²) in [6, 6.07) is 6.11. The number of aromatic amines is 1. The van der Waals surface area contributed by atoms with Crippen LogP contribution < -0.4 is 5.32 Å². The Hall–Kier alpha value is -2.80. The number of aryl methyl sites for hydroxylation is 3. The molecular formula is C19H19N5OS. The van der Waals surface area contributed by atoms with Crippen LogP contribution in [0.5, 0.6) is 0 Å². The van der Waals surface area contributed by atoms with Gasteiger partial charge in [-0.3, -0.25) is 4.79 Å². The monoisotopic (exact) mass is 365 g/mol. The number of carbonyl (C=O) groups excluding carboxylic acids is 1. The molecule has 0 aliphatic heterocycles. The van der Waals surface area contributed by atoms with Crippen LogP contribution in [0.25, 0.3) is 22.1 Å². The zero-order valence-corrected chi connectivity index (χ0v) is 15.7. The zero-order valence-electron chi connectivity index (χ0n) is 14.9. The van der Waals surface area contributed by atoms with Crippen molar-refractivity contribution in [2.24, 2.45) is 0 Å². The number of carbonyl (C=O) groups is 1. The SMILES string of the molecule is Cc1cc(C)c2[nH]c(C)c(CCNC(=O)c3cnc4nsnc4c3)c2c1. The van der Waals surface area contributed by atoms with Gasteiger partial charge < -0.3 is 10.3 Å². The largest absolute Gasteiger partial charge is 0.358 e. The minimum atomic E-state index is -0.141. The average Bonchev–Trinajstić information content (AvgIpc) is 3.19. The molecule has 7 heteroatoms. The molecule has 0 aliphatic rings. The summed E-state index contributed by atoms with van der Waals surface area (Å²) in [4.78, 5) is 20.0. The second kappa shape index (κ2) is 6.49.